The molecule has 1 aromatic heterocycles. The van der Waals surface area contributed by atoms with E-state index in [2.05, 4.69) is 4.37 Å². The van der Waals surface area contributed by atoms with Gasteiger partial charge in [0.25, 0.3) is 0 Å². The summed E-state index contributed by atoms with van der Waals surface area (Å²) < 4.78 is 5.41. The topological polar surface area (TPSA) is 50.2 Å². The van der Waals surface area contributed by atoms with Crippen molar-refractivity contribution in [3.63, 3.8) is 0 Å². The number of halogens is 1. The van der Waals surface area contributed by atoms with Gasteiger partial charge in [-0.2, -0.15) is 4.37 Å². The van der Waals surface area contributed by atoms with Crippen LogP contribution in [-0.4, -0.2) is 15.4 Å². The molecule has 20 heavy (non-hydrogen) atoms. The van der Waals surface area contributed by atoms with Gasteiger partial charge in [0.1, 0.15) is 0 Å². The van der Waals surface area contributed by atoms with Crippen molar-refractivity contribution in [2.45, 2.75) is 9.10 Å². The molecular weight excluding hydrogens is 314 g/mol. The number of carboxylic acids is 1. The van der Waals surface area contributed by atoms with E-state index in [1.165, 1.54) is 23.3 Å². The first-order chi connectivity index (χ1) is 9.65. The van der Waals surface area contributed by atoms with Gasteiger partial charge in [0.05, 0.1) is 20.3 Å². The molecule has 0 atom stereocenters. The van der Waals surface area contributed by atoms with Gasteiger partial charge in [-0.05, 0) is 35.8 Å². The summed E-state index contributed by atoms with van der Waals surface area (Å²) in [7, 11) is 0. The van der Waals surface area contributed by atoms with Crippen LogP contribution in [0.15, 0.2) is 51.6 Å². The third kappa shape index (κ3) is 2.52. The summed E-state index contributed by atoms with van der Waals surface area (Å²) in [5, 5.41) is 10.4. The second-order valence-corrected chi connectivity index (χ2v) is 6.56. The van der Waals surface area contributed by atoms with Crippen LogP contribution in [0.3, 0.4) is 0 Å². The first-order valence-corrected chi connectivity index (χ1v) is 7.67. The lowest BCUT2D eigenvalue weighted by Crippen LogP contribution is -1.97. The average Bonchev–Trinajstić information content (AvgIpc) is 2.84. The minimum Gasteiger partial charge on any atom is -0.478 e. The Morgan fingerprint density at radius 1 is 1.25 bits per heavy atom. The van der Waals surface area contributed by atoms with Crippen LogP contribution < -0.4 is 0 Å². The lowest BCUT2D eigenvalue weighted by molar-refractivity contribution is 0.0697. The largest absolute Gasteiger partial charge is 0.478 e. The number of aromatic carboxylic acids is 1. The lowest BCUT2D eigenvalue weighted by Gasteiger charge is -2.03. The van der Waals surface area contributed by atoms with Crippen LogP contribution in [0.5, 0.6) is 0 Å². The van der Waals surface area contributed by atoms with Gasteiger partial charge in [-0.15, -0.1) is 0 Å². The molecule has 2 aromatic carbocycles. The van der Waals surface area contributed by atoms with Crippen molar-refractivity contribution in [2.24, 2.45) is 0 Å². The molecule has 0 radical (unpaired) electrons. The number of hydrogen-bond acceptors (Lipinski definition) is 4. The molecule has 0 amide bonds. The van der Waals surface area contributed by atoms with E-state index in [0.717, 1.165) is 20.0 Å². The van der Waals surface area contributed by atoms with Crippen LogP contribution in [0, 0.1) is 0 Å². The maximum absolute atomic E-state index is 11.1. The first-order valence-electron chi connectivity index (χ1n) is 5.70. The van der Waals surface area contributed by atoms with Gasteiger partial charge in [0.15, 0.2) is 0 Å². The summed E-state index contributed by atoms with van der Waals surface area (Å²) in [6, 6.07) is 12.9. The molecule has 0 aliphatic rings. The predicted octanol–water partition coefficient (Wildman–Crippen LogP) is 4.80. The molecule has 0 fully saturated rings. The maximum atomic E-state index is 11.1. The van der Waals surface area contributed by atoms with Crippen LogP contribution in [0.2, 0.25) is 5.02 Å². The molecule has 100 valence electrons. The summed E-state index contributed by atoms with van der Waals surface area (Å²) in [4.78, 5) is 11.9. The first kappa shape index (κ1) is 13.4. The number of carboxylic acid groups (broad SMARTS) is 1. The SMILES string of the molecule is O=C(O)c1cc(Sc2snc3ccccc23)ccc1Cl. The standard InChI is InChI=1S/C14H8ClNO2S2/c15-11-6-5-8(7-10(11)13(17)18)19-14-9-3-1-2-4-12(9)16-20-14/h1-7H,(H,17,18). The quantitative estimate of drug-likeness (QED) is 0.753. The third-order valence-electron chi connectivity index (χ3n) is 2.73. The molecule has 0 unspecified atom stereocenters. The number of nitrogens with zero attached hydrogens (tertiary/aromatic N) is 1. The number of aromatic nitrogens is 1. The van der Waals surface area contributed by atoms with Gasteiger partial charge in [-0.25, -0.2) is 4.79 Å². The summed E-state index contributed by atoms with van der Waals surface area (Å²) in [6.07, 6.45) is 0. The normalized spacial score (nSPS) is 10.8. The van der Waals surface area contributed by atoms with Crippen molar-refractivity contribution in [1.82, 2.24) is 4.37 Å². The van der Waals surface area contributed by atoms with Crippen LogP contribution in [0.25, 0.3) is 10.9 Å². The molecule has 6 heteroatoms. The summed E-state index contributed by atoms with van der Waals surface area (Å²) in [6.45, 7) is 0. The highest BCUT2D eigenvalue weighted by molar-refractivity contribution is 8.01. The fraction of sp³-hybridized carbons (Fsp3) is 0. The van der Waals surface area contributed by atoms with Crippen molar-refractivity contribution in [3.8, 4) is 0 Å². The zero-order chi connectivity index (χ0) is 14.1. The van der Waals surface area contributed by atoms with E-state index < -0.39 is 5.97 Å². The molecule has 1 N–H and O–H groups in total. The summed E-state index contributed by atoms with van der Waals surface area (Å²) >= 11 is 8.78. The monoisotopic (exact) mass is 321 g/mol. The number of carbonyl (C=O) groups is 1. The fourth-order valence-corrected chi connectivity index (χ4v) is 3.95. The Morgan fingerprint density at radius 3 is 2.85 bits per heavy atom. The molecule has 3 aromatic rings. The third-order valence-corrected chi connectivity index (χ3v) is 5.10. The highest BCUT2D eigenvalue weighted by Crippen LogP contribution is 2.37. The second-order valence-electron chi connectivity index (χ2n) is 4.04. The number of hydrogen-bond donors (Lipinski definition) is 1. The van der Waals surface area contributed by atoms with Gasteiger partial charge in [0, 0.05) is 10.3 Å². The molecule has 0 spiro atoms. The van der Waals surface area contributed by atoms with E-state index in [4.69, 9.17) is 16.7 Å². The highest BCUT2D eigenvalue weighted by atomic mass is 35.5. The Hall–Kier alpha value is -1.56. The summed E-state index contributed by atoms with van der Waals surface area (Å²) in [5.74, 6) is -1.02. The molecule has 0 aliphatic carbocycles. The zero-order valence-corrected chi connectivity index (χ0v) is 12.4. The van der Waals surface area contributed by atoms with E-state index in [1.54, 1.807) is 12.1 Å². The predicted molar refractivity (Wildman–Crippen MR) is 82.2 cm³/mol. The van der Waals surface area contributed by atoms with Gasteiger partial charge in [-0.1, -0.05) is 41.6 Å². The van der Waals surface area contributed by atoms with E-state index in [9.17, 15) is 4.79 Å². The molecule has 0 bridgehead atoms. The Balaban J connectivity index is 1.99. The lowest BCUT2D eigenvalue weighted by atomic mass is 10.2. The van der Waals surface area contributed by atoms with Gasteiger partial charge in [0.2, 0.25) is 0 Å². The van der Waals surface area contributed by atoms with Crippen molar-refractivity contribution in [1.29, 1.82) is 0 Å². The molecule has 0 saturated carbocycles. The van der Waals surface area contributed by atoms with E-state index in [1.807, 2.05) is 30.3 Å². The Kier molecular flexibility index (Phi) is 3.65. The van der Waals surface area contributed by atoms with Gasteiger partial charge >= 0.3 is 5.97 Å². The Bertz CT molecular complexity index is 801. The molecule has 3 nitrogen and oxygen atoms in total. The van der Waals surface area contributed by atoms with Crippen LogP contribution in [0.4, 0.5) is 0 Å². The fourth-order valence-electron chi connectivity index (χ4n) is 1.78. The molecule has 0 saturated heterocycles. The van der Waals surface area contributed by atoms with Crippen molar-refractivity contribution in [3.05, 3.63) is 53.1 Å². The second kappa shape index (κ2) is 5.44. The number of fused-ring (bicyclic) bond motifs is 1. The van der Waals surface area contributed by atoms with Crippen molar-refractivity contribution < 1.29 is 9.90 Å². The number of benzene rings is 2. The van der Waals surface area contributed by atoms with E-state index in [0.29, 0.717) is 0 Å². The van der Waals surface area contributed by atoms with Gasteiger partial charge < -0.3 is 5.11 Å². The highest BCUT2D eigenvalue weighted by Gasteiger charge is 2.12. The minimum absolute atomic E-state index is 0.116. The zero-order valence-electron chi connectivity index (χ0n) is 10.0. The Morgan fingerprint density at radius 2 is 2.05 bits per heavy atom. The Labute approximate surface area is 128 Å². The smallest absolute Gasteiger partial charge is 0.337 e. The number of rotatable bonds is 3. The molecule has 0 aliphatic heterocycles. The van der Waals surface area contributed by atoms with Crippen LogP contribution in [-0.2, 0) is 0 Å². The van der Waals surface area contributed by atoms with Crippen molar-refractivity contribution in [2.75, 3.05) is 0 Å². The minimum atomic E-state index is -1.02. The van der Waals surface area contributed by atoms with E-state index in [-0.39, 0.29) is 10.6 Å². The van der Waals surface area contributed by atoms with Crippen molar-refractivity contribution >= 4 is 51.8 Å². The van der Waals surface area contributed by atoms with E-state index >= 15 is 0 Å². The molecule has 1 heterocycles. The van der Waals surface area contributed by atoms with Crippen LogP contribution >= 0.6 is 34.9 Å². The van der Waals surface area contributed by atoms with Crippen LogP contribution in [0.1, 0.15) is 10.4 Å². The maximum Gasteiger partial charge on any atom is 0.337 e. The summed E-state index contributed by atoms with van der Waals surface area (Å²) in [5.41, 5.74) is 1.07. The molecular formula is C14H8ClNO2S2. The van der Waals surface area contributed by atoms with Gasteiger partial charge in [-0.3, -0.25) is 0 Å². The average molecular weight is 322 g/mol. The molecule has 3 rings (SSSR count).